The molecule has 1 aromatic rings. The lowest BCUT2D eigenvalue weighted by atomic mass is 10.1. The van der Waals surface area contributed by atoms with E-state index in [1.165, 1.54) is 12.1 Å². The molecular formula is C15H18FNO3. The zero-order chi connectivity index (χ0) is 15.2. The highest BCUT2D eigenvalue weighted by Gasteiger charge is 2.15. The topological polar surface area (TPSA) is 55.4 Å². The summed E-state index contributed by atoms with van der Waals surface area (Å²) in [6, 6.07) is 4.54. The van der Waals surface area contributed by atoms with E-state index in [0.29, 0.717) is 11.8 Å². The number of benzene rings is 1. The average molecular weight is 279 g/mol. The van der Waals surface area contributed by atoms with Crippen molar-refractivity contribution in [1.82, 2.24) is 5.32 Å². The maximum absolute atomic E-state index is 13.7. The van der Waals surface area contributed by atoms with Gasteiger partial charge in [0.2, 0.25) is 0 Å². The molecule has 0 atom stereocenters. The maximum Gasteiger partial charge on any atom is 0.407 e. The molecule has 108 valence electrons. The number of aldehydes is 1. The van der Waals surface area contributed by atoms with E-state index < -0.39 is 17.5 Å². The van der Waals surface area contributed by atoms with E-state index in [4.69, 9.17) is 4.74 Å². The van der Waals surface area contributed by atoms with Crippen LogP contribution < -0.4 is 5.32 Å². The third-order valence-corrected chi connectivity index (χ3v) is 2.25. The van der Waals surface area contributed by atoms with E-state index in [1.807, 2.05) is 0 Å². The van der Waals surface area contributed by atoms with E-state index in [1.54, 1.807) is 39.0 Å². The molecule has 4 nitrogen and oxygen atoms in total. The summed E-state index contributed by atoms with van der Waals surface area (Å²) in [4.78, 5) is 21.9. The van der Waals surface area contributed by atoms with Gasteiger partial charge in [-0.15, -0.1) is 0 Å². The van der Waals surface area contributed by atoms with Crippen LogP contribution in [0.15, 0.2) is 24.3 Å². The monoisotopic (exact) mass is 279 g/mol. The van der Waals surface area contributed by atoms with E-state index in [0.717, 1.165) is 0 Å². The molecule has 0 aromatic heterocycles. The standard InChI is InChI=1S/C15H18FNO3/c1-15(2,3)20-14(19)17-9-5-8-11-6-4-7-12(10-18)13(11)16/h4-8,10H,9H2,1-3H3,(H,17,19). The first-order valence-corrected chi connectivity index (χ1v) is 6.20. The van der Waals surface area contributed by atoms with Gasteiger partial charge < -0.3 is 10.1 Å². The van der Waals surface area contributed by atoms with Crippen LogP contribution in [0.5, 0.6) is 0 Å². The van der Waals surface area contributed by atoms with Gasteiger partial charge in [-0.1, -0.05) is 24.3 Å². The van der Waals surface area contributed by atoms with Crippen molar-refractivity contribution in [3.05, 3.63) is 41.2 Å². The Balaban J connectivity index is 2.54. The highest BCUT2D eigenvalue weighted by atomic mass is 19.1. The smallest absolute Gasteiger partial charge is 0.407 e. The molecule has 0 saturated carbocycles. The third-order valence-electron chi connectivity index (χ3n) is 2.25. The van der Waals surface area contributed by atoms with E-state index in [2.05, 4.69) is 5.32 Å². The zero-order valence-electron chi connectivity index (χ0n) is 11.8. The van der Waals surface area contributed by atoms with E-state index >= 15 is 0 Å². The number of hydrogen-bond acceptors (Lipinski definition) is 3. The van der Waals surface area contributed by atoms with Gasteiger partial charge in [0.1, 0.15) is 11.4 Å². The molecule has 0 spiro atoms. The van der Waals surface area contributed by atoms with Crippen molar-refractivity contribution in [3.63, 3.8) is 0 Å². The minimum Gasteiger partial charge on any atom is -0.444 e. The molecule has 0 radical (unpaired) electrons. The lowest BCUT2D eigenvalue weighted by Crippen LogP contribution is -2.32. The molecule has 0 saturated heterocycles. The number of rotatable bonds is 4. The Hall–Kier alpha value is -2.17. The highest BCUT2D eigenvalue weighted by molar-refractivity contribution is 5.77. The third kappa shape index (κ3) is 5.22. The van der Waals surface area contributed by atoms with Crippen LogP contribution >= 0.6 is 0 Å². The lowest BCUT2D eigenvalue weighted by molar-refractivity contribution is 0.0534. The van der Waals surface area contributed by atoms with Crippen LogP contribution in [-0.4, -0.2) is 24.5 Å². The van der Waals surface area contributed by atoms with Crippen LogP contribution in [0, 0.1) is 5.82 Å². The second-order valence-electron chi connectivity index (χ2n) is 5.15. The first-order chi connectivity index (χ1) is 9.33. The summed E-state index contributed by atoms with van der Waals surface area (Å²) in [5.41, 5.74) is -0.258. The van der Waals surface area contributed by atoms with E-state index in [-0.39, 0.29) is 12.1 Å². The van der Waals surface area contributed by atoms with Gasteiger partial charge >= 0.3 is 6.09 Å². The van der Waals surface area contributed by atoms with Crippen LogP contribution in [0.3, 0.4) is 0 Å². The number of ether oxygens (including phenoxy) is 1. The molecule has 1 N–H and O–H groups in total. The van der Waals surface area contributed by atoms with Crippen LogP contribution in [0.1, 0.15) is 36.7 Å². The molecule has 0 bridgehead atoms. The fourth-order valence-corrected chi connectivity index (χ4v) is 1.43. The van der Waals surface area contributed by atoms with Crippen LogP contribution in [0.4, 0.5) is 9.18 Å². The molecule has 0 aliphatic rings. The van der Waals surface area contributed by atoms with Gasteiger partial charge in [-0.05, 0) is 26.8 Å². The van der Waals surface area contributed by atoms with Crippen molar-refractivity contribution < 1.29 is 18.7 Å². The van der Waals surface area contributed by atoms with Crippen molar-refractivity contribution >= 4 is 18.5 Å². The zero-order valence-corrected chi connectivity index (χ0v) is 11.8. The molecule has 0 aliphatic heterocycles. The Morgan fingerprint density at radius 2 is 2.00 bits per heavy atom. The van der Waals surface area contributed by atoms with Gasteiger partial charge in [-0.25, -0.2) is 9.18 Å². The van der Waals surface area contributed by atoms with Crippen molar-refractivity contribution in [2.75, 3.05) is 6.54 Å². The predicted octanol–water partition coefficient (Wildman–Crippen LogP) is 3.18. The number of hydrogen-bond donors (Lipinski definition) is 1. The maximum atomic E-state index is 13.7. The number of carbonyl (C=O) groups excluding carboxylic acids is 2. The van der Waals surface area contributed by atoms with Crippen molar-refractivity contribution in [2.24, 2.45) is 0 Å². The molecule has 0 aliphatic carbocycles. The molecule has 0 unspecified atom stereocenters. The van der Waals surface area contributed by atoms with Crippen LogP contribution in [0.25, 0.3) is 6.08 Å². The SMILES string of the molecule is CC(C)(C)OC(=O)NCC=Cc1cccc(C=O)c1F. The Labute approximate surface area is 117 Å². The number of amides is 1. The van der Waals surface area contributed by atoms with Gasteiger partial charge in [-0.3, -0.25) is 4.79 Å². The second-order valence-corrected chi connectivity index (χ2v) is 5.15. The van der Waals surface area contributed by atoms with Gasteiger partial charge in [0.25, 0.3) is 0 Å². The van der Waals surface area contributed by atoms with Crippen molar-refractivity contribution in [3.8, 4) is 0 Å². The molecule has 0 fully saturated rings. The summed E-state index contributed by atoms with van der Waals surface area (Å²) in [6.07, 6.45) is 3.01. The largest absolute Gasteiger partial charge is 0.444 e. The van der Waals surface area contributed by atoms with Crippen LogP contribution in [0.2, 0.25) is 0 Å². The average Bonchev–Trinajstić information content (AvgIpc) is 2.34. The number of alkyl carbamates (subject to hydrolysis) is 1. The van der Waals surface area contributed by atoms with Gasteiger partial charge in [0, 0.05) is 12.1 Å². The predicted molar refractivity (Wildman–Crippen MR) is 75.1 cm³/mol. The summed E-state index contributed by atoms with van der Waals surface area (Å²) in [7, 11) is 0. The minimum atomic E-state index is -0.573. The molecule has 1 aromatic carbocycles. The molecule has 20 heavy (non-hydrogen) atoms. The normalized spacial score (nSPS) is 11.4. The number of carbonyl (C=O) groups is 2. The molecule has 5 heteroatoms. The fraction of sp³-hybridized carbons (Fsp3) is 0.333. The summed E-state index contributed by atoms with van der Waals surface area (Å²) in [5.74, 6) is -0.573. The van der Waals surface area contributed by atoms with Crippen LogP contribution in [-0.2, 0) is 4.74 Å². The molecular weight excluding hydrogens is 261 g/mol. The molecule has 1 amide bonds. The number of nitrogens with one attached hydrogen (secondary N) is 1. The summed E-state index contributed by atoms with van der Waals surface area (Å²) in [5, 5.41) is 2.52. The first kappa shape index (κ1) is 15.9. The first-order valence-electron chi connectivity index (χ1n) is 6.20. The second kappa shape index (κ2) is 6.84. The molecule has 1 rings (SSSR count). The summed E-state index contributed by atoms with van der Waals surface area (Å²) < 4.78 is 18.7. The Morgan fingerprint density at radius 3 is 2.60 bits per heavy atom. The Bertz CT molecular complexity index is 518. The minimum absolute atomic E-state index is 0.00671. The van der Waals surface area contributed by atoms with Gasteiger partial charge in [0.15, 0.2) is 6.29 Å². The summed E-state index contributed by atoms with van der Waals surface area (Å²) >= 11 is 0. The number of halogens is 1. The van der Waals surface area contributed by atoms with Gasteiger partial charge in [-0.2, -0.15) is 0 Å². The molecule has 0 heterocycles. The highest BCUT2D eigenvalue weighted by Crippen LogP contribution is 2.12. The van der Waals surface area contributed by atoms with E-state index in [9.17, 15) is 14.0 Å². The van der Waals surface area contributed by atoms with Crippen molar-refractivity contribution in [1.29, 1.82) is 0 Å². The summed E-state index contributed by atoms with van der Waals surface area (Å²) in [6.45, 7) is 5.51. The Kier molecular flexibility index (Phi) is 5.43. The quantitative estimate of drug-likeness (QED) is 0.861. The lowest BCUT2D eigenvalue weighted by Gasteiger charge is -2.19. The Morgan fingerprint density at radius 1 is 1.35 bits per heavy atom. The fourth-order valence-electron chi connectivity index (χ4n) is 1.43. The van der Waals surface area contributed by atoms with Crippen molar-refractivity contribution in [2.45, 2.75) is 26.4 Å². The van der Waals surface area contributed by atoms with Gasteiger partial charge in [0.05, 0.1) is 5.56 Å².